The highest BCUT2D eigenvalue weighted by Gasteiger charge is 2.36. The number of aromatic nitrogens is 5. The fourth-order valence-electron chi connectivity index (χ4n) is 5.94. The maximum Gasteiger partial charge on any atom is 0.418 e. The standard InChI is InChI=1S/C28H30F3N7OS/c1-18(36-10-9-35(16-36)17-40)21-12-23(28(29,30)31)24-14-37(27(39)38(24)13-21)22-8-4-7-20(11-22)25(19-5-3-6-19)26-33-32-15-34(26)2/h4,7-8,11-15,17-19,25H,3,5-6,9-10,16H2,1-2H3/t18-,25+/m0/s1. The molecule has 4 aromatic rings. The summed E-state index contributed by atoms with van der Waals surface area (Å²) in [6.07, 6.45) is 3.14. The summed E-state index contributed by atoms with van der Waals surface area (Å²) >= 11 is 5.02. The van der Waals surface area contributed by atoms with Gasteiger partial charge in [-0.25, -0.2) is 4.79 Å². The topological polar surface area (TPSA) is 63.6 Å². The van der Waals surface area contributed by atoms with Crippen LogP contribution in [0.2, 0.25) is 0 Å². The summed E-state index contributed by atoms with van der Waals surface area (Å²) in [7, 11) is 1.90. The van der Waals surface area contributed by atoms with Gasteiger partial charge in [-0.1, -0.05) is 30.8 Å². The Bertz CT molecular complexity index is 1620. The molecule has 0 unspecified atom stereocenters. The monoisotopic (exact) mass is 569 g/mol. The van der Waals surface area contributed by atoms with E-state index in [9.17, 15) is 18.0 Å². The molecular weight excluding hydrogens is 539 g/mol. The summed E-state index contributed by atoms with van der Waals surface area (Å²) in [4.78, 5) is 17.6. The summed E-state index contributed by atoms with van der Waals surface area (Å²) < 4.78 is 47.3. The van der Waals surface area contributed by atoms with Gasteiger partial charge in [-0.15, -0.1) is 10.2 Å². The lowest BCUT2D eigenvalue weighted by Gasteiger charge is -2.33. The number of pyridine rings is 1. The fraction of sp³-hybridized carbons (Fsp3) is 0.429. The van der Waals surface area contributed by atoms with Gasteiger partial charge in [0, 0.05) is 44.5 Å². The van der Waals surface area contributed by atoms with Crippen molar-refractivity contribution < 1.29 is 13.2 Å². The van der Waals surface area contributed by atoms with Gasteiger partial charge in [0.15, 0.2) is 0 Å². The van der Waals surface area contributed by atoms with Gasteiger partial charge in [-0.05, 0) is 55.0 Å². The summed E-state index contributed by atoms with van der Waals surface area (Å²) in [6.45, 7) is 3.77. The third-order valence-corrected chi connectivity index (χ3v) is 8.76. The molecule has 4 heterocycles. The van der Waals surface area contributed by atoms with Crippen LogP contribution in [-0.2, 0) is 13.2 Å². The van der Waals surface area contributed by atoms with Gasteiger partial charge in [0.1, 0.15) is 12.2 Å². The Morgan fingerprint density at radius 1 is 1.12 bits per heavy atom. The average molecular weight is 570 g/mol. The van der Waals surface area contributed by atoms with Gasteiger partial charge in [-0.2, -0.15) is 13.2 Å². The lowest BCUT2D eigenvalue weighted by atomic mass is 9.72. The molecule has 0 radical (unpaired) electrons. The van der Waals surface area contributed by atoms with Gasteiger partial charge < -0.3 is 9.47 Å². The lowest BCUT2D eigenvalue weighted by Crippen LogP contribution is -2.28. The second-order valence-corrected chi connectivity index (χ2v) is 11.0. The normalized spacial score (nSPS) is 18.3. The van der Waals surface area contributed by atoms with Crippen molar-refractivity contribution in [3.05, 3.63) is 82.1 Å². The van der Waals surface area contributed by atoms with E-state index < -0.39 is 17.4 Å². The van der Waals surface area contributed by atoms with E-state index in [1.807, 2.05) is 46.5 Å². The Hall–Kier alpha value is -3.51. The van der Waals surface area contributed by atoms with Crippen LogP contribution in [0, 0.1) is 5.92 Å². The number of rotatable bonds is 7. The van der Waals surface area contributed by atoms with Gasteiger partial charge >= 0.3 is 11.9 Å². The highest BCUT2D eigenvalue weighted by molar-refractivity contribution is 7.78. The number of thiocarbonyl (C=S) groups is 1. The van der Waals surface area contributed by atoms with Gasteiger partial charge in [0.2, 0.25) is 0 Å². The van der Waals surface area contributed by atoms with E-state index in [0.29, 0.717) is 36.9 Å². The zero-order valence-electron chi connectivity index (χ0n) is 22.3. The van der Waals surface area contributed by atoms with Crippen molar-refractivity contribution in [1.29, 1.82) is 0 Å². The number of aryl methyl sites for hydroxylation is 1. The molecular formula is C28H30F3N7OS. The van der Waals surface area contributed by atoms with Crippen molar-refractivity contribution in [2.75, 3.05) is 19.8 Å². The number of imidazole rings is 1. The van der Waals surface area contributed by atoms with Crippen LogP contribution in [0.3, 0.4) is 0 Å². The van der Waals surface area contributed by atoms with Gasteiger partial charge in [-0.3, -0.25) is 13.9 Å². The SMILES string of the molecule is C[C@@H](c1cc(C(F)(F)F)c2cn(-c3cccc([C@H](c4nncn4C)C4CCC4)c3)c(=O)n2c1)N1CCN(C=S)C1. The first-order valence-electron chi connectivity index (χ1n) is 13.4. The number of alkyl halides is 3. The van der Waals surface area contributed by atoms with Crippen molar-refractivity contribution >= 4 is 23.2 Å². The first-order valence-corrected chi connectivity index (χ1v) is 13.9. The first kappa shape index (κ1) is 26.7. The van der Waals surface area contributed by atoms with Crippen LogP contribution >= 0.6 is 12.2 Å². The minimum atomic E-state index is -4.63. The number of hydrogen-bond acceptors (Lipinski definition) is 5. The van der Waals surface area contributed by atoms with Crippen molar-refractivity contribution in [3.63, 3.8) is 0 Å². The molecule has 2 fully saturated rings. The Morgan fingerprint density at radius 3 is 2.55 bits per heavy atom. The molecule has 6 rings (SSSR count). The van der Waals surface area contributed by atoms with Gasteiger partial charge in [0.05, 0.1) is 28.9 Å². The third kappa shape index (κ3) is 4.62. The average Bonchev–Trinajstić information content (AvgIpc) is 3.63. The molecule has 1 aliphatic heterocycles. The second-order valence-electron chi connectivity index (χ2n) is 10.8. The Kier molecular flexibility index (Phi) is 6.78. The predicted molar refractivity (Wildman–Crippen MR) is 149 cm³/mol. The van der Waals surface area contributed by atoms with E-state index in [4.69, 9.17) is 12.2 Å². The molecule has 8 nitrogen and oxygen atoms in total. The molecule has 0 bridgehead atoms. The minimum Gasteiger partial charge on any atom is -0.354 e. The van der Waals surface area contributed by atoms with Gasteiger partial charge in [0.25, 0.3) is 0 Å². The first-order chi connectivity index (χ1) is 19.2. The van der Waals surface area contributed by atoms with E-state index in [0.717, 1.165) is 35.1 Å². The fourth-order valence-corrected chi connectivity index (χ4v) is 6.11. The van der Waals surface area contributed by atoms with Crippen molar-refractivity contribution in [3.8, 4) is 5.69 Å². The molecule has 12 heteroatoms. The Labute approximate surface area is 234 Å². The third-order valence-electron chi connectivity index (χ3n) is 8.46. The summed E-state index contributed by atoms with van der Waals surface area (Å²) in [6, 6.07) is 8.30. The van der Waals surface area contributed by atoms with E-state index in [2.05, 4.69) is 10.2 Å². The van der Waals surface area contributed by atoms with Crippen LogP contribution in [-0.4, -0.2) is 58.8 Å². The Balaban J connectivity index is 1.44. The maximum atomic E-state index is 14.3. The molecule has 210 valence electrons. The quantitative estimate of drug-likeness (QED) is 0.299. The second kappa shape index (κ2) is 10.2. The molecule has 2 aliphatic rings. The molecule has 1 aliphatic carbocycles. The molecule has 0 spiro atoms. The molecule has 1 saturated heterocycles. The number of halogens is 3. The molecule has 2 atom stereocenters. The van der Waals surface area contributed by atoms with E-state index >= 15 is 0 Å². The zero-order chi connectivity index (χ0) is 28.2. The number of fused-ring (bicyclic) bond motifs is 1. The smallest absolute Gasteiger partial charge is 0.354 e. The zero-order valence-corrected chi connectivity index (χ0v) is 23.1. The van der Waals surface area contributed by atoms with Crippen LogP contribution < -0.4 is 5.69 Å². The Morgan fingerprint density at radius 2 is 1.93 bits per heavy atom. The van der Waals surface area contributed by atoms with Crippen molar-refractivity contribution in [1.82, 2.24) is 33.5 Å². The van der Waals surface area contributed by atoms with Crippen molar-refractivity contribution in [2.45, 2.75) is 44.3 Å². The highest BCUT2D eigenvalue weighted by Crippen LogP contribution is 2.43. The van der Waals surface area contributed by atoms with Crippen LogP contribution in [0.1, 0.15) is 60.7 Å². The van der Waals surface area contributed by atoms with Crippen LogP contribution in [0.4, 0.5) is 13.2 Å². The van der Waals surface area contributed by atoms with Crippen LogP contribution in [0.5, 0.6) is 0 Å². The predicted octanol–water partition coefficient (Wildman–Crippen LogP) is 4.76. The van der Waals surface area contributed by atoms with Crippen molar-refractivity contribution in [2.24, 2.45) is 13.0 Å². The van der Waals surface area contributed by atoms with E-state index in [1.165, 1.54) is 23.0 Å². The summed E-state index contributed by atoms with van der Waals surface area (Å²) in [5.41, 5.74) is 1.90. The van der Waals surface area contributed by atoms with E-state index in [1.54, 1.807) is 17.9 Å². The van der Waals surface area contributed by atoms with Crippen LogP contribution in [0.15, 0.2) is 53.8 Å². The molecule has 0 N–H and O–H groups in total. The molecule has 1 saturated carbocycles. The molecule has 40 heavy (non-hydrogen) atoms. The number of nitrogens with zero attached hydrogens (tertiary/aromatic N) is 7. The summed E-state index contributed by atoms with van der Waals surface area (Å²) in [5.74, 6) is 1.21. The highest BCUT2D eigenvalue weighted by atomic mass is 32.1. The minimum absolute atomic E-state index is 0.0143. The molecule has 1 aromatic carbocycles. The molecule has 0 amide bonds. The van der Waals surface area contributed by atoms with Crippen LogP contribution in [0.25, 0.3) is 11.2 Å². The molecule has 3 aromatic heterocycles. The largest absolute Gasteiger partial charge is 0.418 e. The maximum absolute atomic E-state index is 14.3. The summed E-state index contributed by atoms with van der Waals surface area (Å²) in [5, 5.41) is 8.42. The number of hydrogen-bond donors (Lipinski definition) is 0. The lowest BCUT2D eigenvalue weighted by molar-refractivity contribution is -0.136. The number of benzene rings is 1. The van der Waals surface area contributed by atoms with E-state index in [-0.39, 0.29) is 17.5 Å².